The van der Waals surface area contributed by atoms with Gasteiger partial charge < -0.3 is 10.4 Å². The maximum Gasteiger partial charge on any atom is 0.280 e. The van der Waals surface area contributed by atoms with Crippen molar-refractivity contribution >= 4 is 28.0 Å². The largest absolute Gasteiger partial charge is 0.870 e. The molecule has 0 bridgehead atoms. The molecule has 0 amide bonds. The number of nitrogens with one attached hydrogen (secondary N) is 1. The molecule has 0 radical (unpaired) electrons. The quantitative estimate of drug-likeness (QED) is 0.737. The zero-order chi connectivity index (χ0) is 15.7. The second-order valence-electron chi connectivity index (χ2n) is 5.41. The number of benzene rings is 2. The summed E-state index contributed by atoms with van der Waals surface area (Å²) in [4.78, 5) is 8.51. The lowest BCUT2D eigenvalue weighted by molar-refractivity contribution is -0.359. The number of nitrogens with two attached hydrogens (primary N) is 1. The number of hydrogen-bond donors (Lipinski definition) is 1. The molecule has 4 N–H and O–H groups in total. The molecule has 0 saturated heterocycles. The maximum atomic E-state index is 7.33. The third-order valence-corrected chi connectivity index (χ3v) is 3.76. The molecule has 0 aliphatic heterocycles. The van der Waals surface area contributed by atoms with E-state index in [1.165, 1.54) is 11.1 Å². The van der Waals surface area contributed by atoms with E-state index in [2.05, 4.69) is 45.1 Å². The summed E-state index contributed by atoms with van der Waals surface area (Å²) in [5.74, 6) is 0.399. The number of H-pyrrole nitrogens is 1. The molecule has 0 saturated carbocycles. The smallest absolute Gasteiger partial charge is 0.280 e. The molecule has 0 aliphatic carbocycles. The average molecular weight is 306 g/mol. The zero-order valence-electron chi connectivity index (χ0n) is 13.0. The van der Waals surface area contributed by atoms with Crippen molar-refractivity contribution in [3.05, 3.63) is 60.1 Å². The minimum atomic E-state index is 0. The molecule has 5 nitrogen and oxygen atoms in total. The fourth-order valence-corrected chi connectivity index (χ4v) is 2.54. The first-order valence-corrected chi connectivity index (χ1v) is 6.99. The number of aromatic nitrogens is 1. The van der Waals surface area contributed by atoms with Gasteiger partial charge in [-0.3, -0.25) is 10.7 Å². The van der Waals surface area contributed by atoms with Crippen LogP contribution in [-0.4, -0.2) is 19.6 Å². The van der Waals surface area contributed by atoms with Crippen molar-refractivity contribution in [3.8, 4) is 11.1 Å². The Morgan fingerprint density at radius 1 is 1.04 bits per heavy atom. The van der Waals surface area contributed by atoms with Crippen LogP contribution in [0.15, 0.2) is 48.7 Å². The summed E-state index contributed by atoms with van der Waals surface area (Å²) in [6, 6.07) is 14.4. The van der Waals surface area contributed by atoms with Gasteiger partial charge in [-0.15, -0.1) is 0 Å². The third kappa shape index (κ3) is 2.93. The predicted molar refractivity (Wildman–Crippen MR) is 92.9 cm³/mol. The van der Waals surface area contributed by atoms with Gasteiger partial charge in [0.25, 0.3) is 11.5 Å². The fraction of sp³-hybridized carbons (Fsp3) is 0.111. The minimum Gasteiger partial charge on any atom is -0.870 e. The van der Waals surface area contributed by atoms with Gasteiger partial charge in [0.05, 0.1) is 12.8 Å². The Kier molecular flexibility index (Phi) is 4.49. The van der Waals surface area contributed by atoms with Crippen molar-refractivity contribution in [3.63, 3.8) is 0 Å². The molecular weight excluding hydrogens is 288 g/mol. The highest BCUT2D eigenvalue weighted by molar-refractivity contribution is 5.92. The maximum absolute atomic E-state index is 7.33. The topological polar surface area (TPSA) is 77.8 Å². The van der Waals surface area contributed by atoms with Gasteiger partial charge in [-0.2, -0.15) is 0 Å². The lowest BCUT2D eigenvalue weighted by Crippen LogP contribution is -2.09. The van der Waals surface area contributed by atoms with Crippen LogP contribution in [0.25, 0.3) is 26.7 Å². The van der Waals surface area contributed by atoms with Crippen LogP contribution in [0.4, 0.5) is 17.2 Å². The number of fused-ring (bicyclic) bond motifs is 1. The lowest BCUT2D eigenvalue weighted by atomic mass is 10.0. The predicted octanol–water partition coefficient (Wildman–Crippen LogP) is 3.34. The third-order valence-electron chi connectivity index (χ3n) is 3.76. The first-order valence-electron chi connectivity index (χ1n) is 6.99. The number of rotatable bonds is 2. The monoisotopic (exact) mass is 306 g/mol. The summed E-state index contributed by atoms with van der Waals surface area (Å²) in [6.45, 7) is 7.33. The van der Waals surface area contributed by atoms with E-state index >= 15 is 0 Å². The molecule has 23 heavy (non-hydrogen) atoms. The molecule has 0 aliphatic rings. The fourth-order valence-electron chi connectivity index (χ4n) is 2.54. The SMILES string of the molecule is [C-]#[N+]c1c(-c2ccc3cc(N(C)C)ccc3c2)cc[nH+]c1N.[OH-]. The molecular formula is C18H18N4O. The zero-order valence-corrected chi connectivity index (χ0v) is 13.0. The van der Waals surface area contributed by atoms with Crippen molar-refractivity contribution in [2.24, 2.45) is 0 Å². The van der Waals surface area contributed by atoms with E-state index in [1.807, 2.05) is 26.2 Å². The van der Waals surface area contributed by atoms with Crippen LogP contribution < -0.4 is 15.6 Å². The van der Waals surface area contributed by atoms with Crippen molar-refractivity contribution in [2.75, 3.05) is 24.7 Å². The normalized spacial score (nSPS) is 9.96. The van der Waals surface area contributed by atoms with Gasteiger partial charge in [-0.05, 0) is 46.2 Å². The van der Waals surface area contributed by atoms with Crippen LogP contribution >= 0.6 is 0 Å². The first-order chi connectivity index (χ1) is 10.6. The van der Waals surface area contributed by atoms with Gasteiger partial charge in [0, 0.05) is 19.8 Å². The molecule has 3 aromatic rings. The highest BCUT2D eigenvalue weighted by Crippen LogP contribution is 2.34. The van der Waals surface area contributed by atoms with E-state index < -0.39 is 0 Å². The van der Waals surface area contributed by atoms with Crippen molar-refractivity contribution in [2.45, 2.75) is 0 Å². The second-order valence-corrected chi connectivity index (χ2v) is 5.41. The van der Waals surface area contributed by atoms with Crippen LogP contribution in [0, 0.1) is 6.57 Å². The molecule has 0 atom stereocenters. The van der Waals surface area contributed by atoms with E-state index in [0.29, 0.717) is 11.5 Å². The van der Waals surface area contributed by atoms with E-state index in [0.717, 1.165) is 16.5 Å². The number of hydrogen-bond acceptors (Lipinski definition) is 3. The molecule has 5 heteroatoms. The van der Waals surface area contributed by atoms with Gasteiger partial charge in [-0.25, -0.2) is 4.85 Å². The van der Waals surface area contributed by atoms with Crippen molar-refractivity contribution in [1.29, 1.82) is 0 Å². The Bertz CT molecular complexity index is 897. The second kappa shape index (κ2) is 6.34. The van der Waals surface area contributed by atoms with E-state index in [4.69, 9.17) is 12.3 Å². The van der Waals surface area contributed by atoms with Crippen LogP contribution in [-0.2, 0) is 0 Å². The Morgan fingerprint density at radius 3 is 2.43 bits per heavy atom. The van der Waals surface area contributed by atoms with Gasteiger partial charge in [0.1, 0.15) is 0 Å². The van der Waals surface area contributed by atoms with E-state index in [1.54, 1.807) is 6.20 Å². The van der Waals surface area contributed by atoms with Crippen LogP contribution in [0.5, 0.6) is 0 Å². The van der Waals surface area contributed by atoms with Crippen LogP contribution in [0.1, 0.15) is 0 Å². The van der Waals surface area contributed by atoms with E-state index in [9.17, 15) is 0 Å². The summed E-state index contributed by atoms with van der Waals surface area (Å²) < 4.78 is 0. The number of anilines is 2. The molecule has 1 heterocycles. The highest BCUT2D eigenvalue weighted by atomic mass is 16.0. The summed E-state index contributed by atoms with van der Waals surface area (Å²) in [6.07, 6.45) is 1.76. The Labute approximate surface area is 135 Å². The summed E-state index contributed by atoms with van der Waals surface area (Å²) >= 11 is 0. The van der Waals surface area contributed by atoms with E-state index in [-0.39, 0.29) is 5.48 Å². The van der Waals surface area contributed by atoms with Crippen LogP contribution in [0.3, 0.4) is 0 Å². The standard InChI is InChI=1S/C18H16N4.H2O/c1-20-17-16(8-9-21-18(17)19)14-5-4-13-11-15(22(2)3)7-6-12(13)10-14;/h4-11H,2-3H3,(H2,19,21);1H2. The molecule has 0 fully saturated rings. The minimum absolute atomic E-state index is 0. The summed E-state index contributed by atoms with van der Waals surface area (Å²) in [7, 11) is 4.06. The Hall–Kier alpha value is -3.10. The Morgan fingerprint density at radius 2 is 1.74 bits per heavy atom. The van der Waals surface area contributed by atoms with Gasteiger partial charge in [-0.1, -0.05) is 18.2 Å². The average Bonchev–Trinajstić information content (AvgIpc) is 2.53. The highest BCUT2D eigenvalue weighted by Gasteiger charge is 2.13. The van der Waals surface area contributed by atoms with Gasteiger partial charge >= 0.3 is 0 Å². The summed E-state index contributed by atoms with van der Waals surface area (Å²) in [5.41, 5.74) is 9.34. The number of nitrogen functional groups attached to an aromatic ring is 1. The Balaban J connectivity index is 0.00000192. The molecule has 3 rings (SSSR count). The molecule has 0 spiro atoms. The van der Waals surface area contributed by atoms with Crippen molar-refractivity contribution < 1.29 is 10.5 Å². The first kappa shape index (κ1) is 16.3. The van der Waals surface area contributed by atoms with Crippen molar-refractivity contribution in [1.82, 2.24) is 0 Å². The van der Waals surface area contributed by atoms with Gasteiger partial charge in [0.15, 0.2) is 0 Å². The molecule has 116 valence electrons. The number of nitrogens with zero attached hydrogens (tertiary/aromatic N) is 2. The molecule has 1 aromatic heterocycles. The molecule has 2 aromatic carbocycles. The number of aromatic amines is 1. The van der Waals surface area contributed by atoms with Crippen LogP contribution in [0.2, 0.25) is 0 Å². The number of pyridine rings is 1. The van der Waals surface area contributed by atoms with Gasteiger partial charge in [0.2, 0.25) is 0 Å². The molecule has 0 unspecified atom stereocenters. The lowest BCUT2D eigenvalue weighted by Gasteiger charge is -2.13. The summed E-state index contributed by atoms with van der Waals surface area (Å²) in [5, 5.41) is 2.32.